The lowest BCUT2D eigenvalue weighted by molar-refractivity contribution is 0.103. The summed E-state index contributed by atoms with van der Waals surface area (Å²) < 4.78 is 12.3. The van der Waals surface area contributed by atoms with Crippen LogP contribution in [0, 0.1) is 13.8 Å². The highest BCUT2D eigenvalue weighted by molar-refractivity contribution is 7.22. The first-order chi connectivity index (χ1) is 14.9. The third kappa shape index (κ3) is 4.98. The van der Waals surface area contributed by atoms with E-state index in [1.807, 2.05) is 51.1 Å². The van der Waals surface area contributed by atoms with Crippen LogP contribution in [0.5, 0.6) is 11.5 Å². The molecule has 0 unspecified atom stereocenters. The maximum Gasteiger partial charge on any atom is 0.269 e. The van der Waals surface area contributed by atoms with Gasteiger partial charge in [0, 0.05) is 5.02 Å². The third-order valence-corrected chi connectivity index (χ3v) is 6.92. The molecule has 160 valence electrons. The molecule has 0 aliphatic heterocycles. The Morgan fingerprint density at radius 2 is 1.84 bits per heavy atom. The summed E-state index contributed by atoms with van der Waals surface area (Å²) in [6, 6.07) is 11.2. The zero-order chi connectivity index (χ0) is 22.0. The van der Waals surface area contributed by atoms with Gasteiger partial charge >= 0.3 is 0 Å². The molecular formula is C22H20ClN3O3S2. The molecule has 4 aromatic rings. The van der Waals surface area contributed by atoms with Crippen LogP contribution in [-0.2, 0) is 6.61 Å². The number of halogens is 1. The Kier molecular flexibility index (Phi) is 6.41. The van der Waals surface area contributed by atoms with Crippen LogP contribution in [0.1, 0.15) is 32.9 Å². The van der Waals surface area contributed by atoms with Gasteiger partial charge in [0.25, 0.3) is 5.91 Å². The number of hydrogen-bond acceptors (Lipinski definition) is 7. The second-order valence-corrected chi connectivity index (χ2v) is 9.28. The number of aromatic nitrogens is 2. The van der Waals surface area contributed by atoms with Crippen molar-refractivity contribution in [2.24, 2.45) is 0 Å². The highest BCUT2D eigenvalue weighted by Crippen LogP contribution is 2.30. The SMILES string of the molecule is CCOc1ccc2nc(NC(=O)c3sc(COc4ccc(Cl)c(C)c4)nc3C)sc2c1. The fraction of sp³-hybridized carbons (Fsp3) is 0.227. The minimum absolute atomic E-state index is 0.229. The fourth-order valence-corrected chi connectivity index (χ4v) is 4.83. The highest BCUT2D eigenvalue weighted by Gasteiger charge is 2.17. The van der Waals surface area contributed by atoms with Crippen molar-refractivity contribution in [1.82, 2.24) is 9.97 Å². The first-order valence-electron chi connectivity index (χ1n) is 9.63. The van der Waals surface area contributed by atoms with E-state index in [0.29, 0.717) is 33.1 Å². The molecule has 0 radical (unpaired) electrons. The maximum atomic E-state index is 12.8. The van der Waals surface area contributed by atoms with Gasteiger partial charge < -0.3 is 9.47 Å². The number of fused-ring (bicyclic) bond motifs is 1. The van der Waals surface area contributed by atoms with E-state index in [9.17, 15) is 4.79 Å². The molecule has 0 bridgehead atoms. The molecular weight excluding hydrogens is 454 g/mol. The molecule has 0 saturated heterocycles. The van der Waals surface area contributed by atoms with Gasteiger partial charge in [0.15, 0.2) is 5.13 Å². The molecule has 0 atom stereocenters. The van der Waals surface area contributed by atoms with E-state index in [1.54, 1.807) is 6.07 Å². The summed E-state index contributed by atoms with van der Waals surface area (Å²) in [5.41, 5.74) is 2.42. The number of amides is 1. The lowest BCUT2D eigenvalue weighted by Crippen LogP contribution is -2.11. The van der Waals surface area contributed by atoms with E-state index in [2.05, 4.69) is 15.3 Å². The van der Waals surface area contributed by atoms with Crippen LogP contribution in [0.25, 0.3) is 10.2 Å². The van der Waals surface area contributed by atoms with Crippen molar-refractivity contribution in [2.75, 3.05) is 11.9 Å². The molecule has 6 nitrogen and oxygen atoms in total. The van der Waals surface area contributed by atoms with Gasteiger partial charge in [-0.15, -0.1) is 11.3 Å². The molecule has 2 aromatic heterocycles. The number of benzene rings is 2. The van der Waals surface area contributed by atoms with Crippen molar-refractivity contribution >= 4 is 55.5 Å². The smallest absolute Gasteiger partial charge is 0.269 e. The van der Waals surface area contributed by atoms with Gasteiger partial charge in [-0.2, -0.15) is 0 Å². The Bertz CT molecular complexity index is 1250. The summed E-state index contributed by atoms with van der Waals surface area (Å²) in [4.78, 5) is 22.3. The van der Waals surface area contributed by atoms with Crippen molar-refractivity contribution in [2.45, 2.75) is 27.4 Å². The van der Waals surface area contributed by atoms with Gasteiger partial charge in [-0.25, -0.2) is 9.97 Å². The van der Waals surface area contributed by atoms with E-state index >= 15 is 0 Å². The van der Waals surface area contributed by atoms with Crippen LogP contribution in [-0.4, -0.2) is 22.5 Å². The molecule has 0 aliphatic rings. The number of hydrogen-bond donors (Lipinski definition) is 1. The minimum atomic E-state index is -0.229. The zero-order valence-electron chi connectivity index (χ0n) is 17.2. The Balaban J connectivity index is 1.44. The van der Waals surface area contributed by atoms with E-state index in [1.165, 1.54) is 22.7 Å². The molecule has 0 fully saturated rings. The molecule has 2 aromatic carbocycles. The summed E-state index contributed by atoms with van der Waals surface area (Å²) in [5.74, 6) is 1.27. The molecule has 31 heavy (non-hydrogen) atoms. The molecule has 0 aliphatic carbocycles. The first kappa shape index (κ1) is 21.5. The summed E-state index contributed by atoms with van der Waals surface area (Å²) in [6.07, 6.45) is 0. The van der Waals surface area contributed by atoms with Crippen molar-refractivity contribution in [3.8, 4) is 11.5 Å². The van der Waals surface area contributed by atoms with Crippen molar-refractivity contribution in [3.05, 3.63) is 62.6 Å². The van der Waals surface area contributed by atoms with Gasteiger partial charge in [0.1, 0.15) is 28.0 Å². The Labute approximate surface area is 192 Å². The predicted octanol–water partition coefficient (Wildman–Crippen LogP) is 6.25. The predicted molar refractivity (Wildman–Crippen MR) is 126 cm³/mol. The average Bonchev–Trinajstić information content (AvgIpc) is 3.31. The van der Waals surface area contributed by atoms with Gasteiger partial charge in [-0.3, -0.25) is 10.1 Å². The molecule has 2 heterocycles. The highest BCUT2D eigenvalue weighted by atomic mass is 35.5. The Hall–Kier alpha value is -2.68. The lowest BCUT2D eigenvalue weighted by Gasteiger charge is -2.05. The van der Waals surface area contributed by atoms with Crippen LogP contribution in [0.15, 0.2) is 36.4 Å². The summed E-state index contributed by atoms with van der Waals surface area (Å²) >= 11 is 8.77. The Morgan fingerprint density at radius 1 is 1.06 bits per heavy atom. The van der Waals surface area contributed by atoms with Crippen molar-refractivity contribution in [3.63, 3.8) is 0 Å². The number of thiazole rings is 2. The Morgan fingerprint density at radius 3 is 2.61 bits per heavy atom. The van der Waals surface area contributed by atoms with Crippen molar-refractivity contribution in [1.29, 1.82) is 0 Å². The zero-order valence-corrected chi connectivity index (χ0v) is 19.6. The quantitative estimate of drug-likeness (QED) is 0.343. The monoisotopic (exact) mass is 473 g/mol. The number of carbonyl (C=O) groups excluding carboxylic acids is 1. The standard InChI is InChI=1S/C22H20ClN3O3S2/c1-4-28-15-6-8-17-18(10-15)30-22(25-17)26-21(27)20-13(3)24-19(31-20)11-29-14-5-7-16(23)12(2)9-14/h5-10H,4,11H2,1-3H3,(H,25,26,27). The lowest BCUT2D eigenvalue weighted by atomic mass is 10.2. The van der Waals surface area contributed by atoms with Crippen LogP contribution in [0.3, 0.4) is 0 Å². The number of ether oxygens (including phenoxy) is 2. The van der Waals surface area contributed by atoms with Crippen LogP contribution < -0.4 is 14.8 Å². The summed E-state index contributed by atoms with van der Waals surface area (Å²) in [6.45, 7) is 6.55. The van der Waals surface area contributed by atoms with E-state index in [4.69, 9.17) is 21.1 Å². The van der Waals surface area contributed by atoms with Gasteiger partial charge in [0.2, 0.25) is 0 Å². The van der Waals surface area contributed by atoms with E-state index in [-0.39, 0.29) is 12.5 Å². The average molecular weight is 474 g/mol. The number of rotatable bonds is 7. The molecule has 1 N–H and O–H groups in total. The third-order valence-electron chi connectivity index (χ3n) is 4.43. The number of nitrogens with one attached hydrogen (secondary N) is 1. The second-order valence-electron chi connectivity index (χ2n) is 6.76. The number of aryl methyl sites for hydroxylation is 2. The minimum Gasteiger partial charge on any atom is -0.494 e. The number of anilines is 1. The normalized spacial score (nSPS) is 11.0. The van der Waals surface area contributed by atoms with Gasteiger partial charge in [-0.05, 0) is 62.7 Å². The van der Waals surface area contributed by atoms with Crippen molar-refractivity contribution < 1.29 is 14.3 Å². The molecule has 9 heteroatoms. The van der Waals surface area contributed by atoms with Crippen LogP contribution in [0.4, 0.5) is 5.13 Å². The number of carbonyl (C=O) groups is 1. The molecule has 4 rings (SSSR count). The van der Waals surface area contributed by atoms with Gasteiger partial charge in [0.05, 0.1) is 22.5 Å². The maximum absolute atomic E-state index is 12.8. The molecule has 1 amide bonds. The summed E-state index contributed by atoms with van der Waals surface area (Å²) in [5, 5.41) is 4.84. The topological polar surface area (TPSA) is 73.3 Å². The summed E-state index contributed by atoms with van der Waals surface area (Å²) in [7, 11) is 0. The van der Waals surface area contributed by atoms with Crippen LogP contribution in [0.2, 0.25) is 5.02 Å². The fourth-order valence-electron chi connectivity index (χ4n) is 2.95. The second kappa shape index (κ2) is 9.21. The molecule has 0 saturated carbocycles. The molecule has 0 spiro atoms. The largest absolute Gasteiger partial charge is 0.494 e. The first-order valence-corrected chi connectivity index (χ1v) is 11.6. The number of nitrogens with zero attached hydrogens (tertiary/aromatic N) is 2. The van der Waals surface area contributed by atoms with E-state index < -0.39 is 0 Å². The van der Waals surface area contributed by atoms with Crippen LogP contribution >= 0.6 is 34.3 Å². The van der Waals surface area contributed by atoms with Gasteiger partial charge in [-0.1, -0.05) is 22.9 Å². The van der Waals surface area contributed by atoms with E-state index in [0.717, 1.165) is 26.5 Å².